The van der Waals surface area contributed by atoms with E-state index in [1.165, 1.54) is 0 Å². The maximum atomic E-state index is 11.7. The van der Waals surface area contributed by atoms with E-state index in [1.807, 2.05) is 39.1 Å². The molecule has 1 atom stereocenters. The van der Waals surface area contributed by atoms with Crippen LogP contribution < -0.4 is 5.32 Å². The normalized spacial score (nSPS) is 19.7. The molecule has 0 bridgehead atoms. The summed E-state index contributed by atoms with van der Waals surface area (Å²) in [6.45, 7) is 9.27. The third-order valence-corrected chi connectivity index (χ3v) is 3.65. The highest BCUT2D eigenvalue weighted by molar-refractivity contribution is 5.67. The van der Waals surface area contributed by atoms with E-state index in [4.69, 9.17) is 4.74 Å². The van der Waals surface area contributed by atoms with E-state index in [-0.39, 0.29) is 6.09 Å². The van der Waals surface area contributed by atoms with Crippen molar-refractivity contribution in [3.05, 3.63) is 30.1 Å². The van der Waals surface area contributed by atoms with Gasteiger partial charge in [0.05, 0.1) is 5.69 Å². The Balaban J connectivity index is 1.75. The highest BCUT2D eigenvalue weighted by Gasteiger charge is 2.22. The number of pyridine rings is 1. The molecule has 122 valence electrons. The van der Waals surface area contributed by atoms with Gasteiger partial charge in [-0.3, -0.25) is 9.88 Å². The van der Waals surface area contributed by atoms with Gasteiger partial charge in [0.25, 0.3) is 0 Å². The lowest BCUT2D eigenvalue weighted by molar-refractivity contribution is 0.0506. The molecule has 0 aliphatic carbocycles. The minimum absolute atomic E-state index is 0.325. The Hall–Kier alpha value is -1.62. The number of nitrogens with zero attached hydrogens (tertiary/aromatic N) is 2. The van der Waals surface area contributed by atoms with Crippen molar-refractivity contribution in [3.8, 4) is 0 Å². The van der Waals surface area contributed by atoms with Gasteiger partial charge >= 0.3 is 6.09 Å². The summed E-state index contributed by atoms with van der Waals surface area (Å²) < 4.78 is 5.28. The maximum Gasteiger partial charge on any atom is 0.407 e. The fraction of sp³-hybridized carbons (Fsp3) is 0.647. The van der Waals surface area contributed by atoms with Crippen LogP contribution in [0.2, 0.25) is 0 Å². The zero-order chi connectivity index (χ0) is 16.0. The van der Waals surface area contributed by atoms with Crippen LogP contribution in [0.3, 0.4) is 0 Å². The van der Waals surface area contributed by atoms with Crippen molar-refractivity contribution in [2.45, 2.75) is 45.8 Å². The number of amides is 1. The molecule has 2 rings (SSSR count). The molecule has 1 unspecified atom stereocenters. The summed E-state index contributed by atoms with van der Waals surface area (Å²) in [7, 11) is 0. The molecule has 1 fully saturated rings. The van der Waals surface area contributed by atoms with E-state index in [0.717, 1.165) is 38.2 Å². The first-order chi connectivity index (χ1) is 10.4. The number of nitrogens with one attached hydrogen (secondary N) is 1. The molecule has 1 saturated heterocycles. The molecule has 5 heteroatoms. The number of ether oxygens (including phenoxy) is 1. The van der Waals surface area contributed by atoms with Gasteiger partial charge in [0.1, 0.15) is 5.60 Å². The van der Waals surface area contributed by atoms with E-state index in [1.54, 1.807) is 0 Å². The van der Waals surface area contributed by atoms with Gasteiger partial charge in [-0.25, -0.2) is 4.79 Å². The Kier molecular flexibility index (Phi) is 5.77. The summed E-state index contributed by atoms with van der Waals surface area (Å²) in [5.74, 6) is 0.477. The number of alkyl carbamates (subject to hydrolysis) is 1. The SMILES string of the molecule is CC(C)(C)OC(=O)NCC1CCCN(Cc2ccccn2)C1. The predicted octanol–water partition coefficient (Wildman–Crippen LogP) is 2.82. The largest absolute Gasteiger partial charge is 0.444 e. The molecular weight excluding hydrogens is 278 g/mol. The number of hydrogen-bond acceptors (Lipinski definition) is 4. The van der Waals surface area contributed by atoms with E-state index in [0.29, 0.717) is 12.5 Å². The van der Waals surface area contributed by atoms with Crippen molar-refractivity contribution in [3.63, 3.8) is 0 Å². The highest BCUT2D eigenvalue weighted by atomic mass is 16.6. The molecular formula is C17H27N3O2. The zero-order valence-corrected chi connectivity index (χ0v) is 13.8. The summed E-state index contributed by atoms with van der Waals surface area (Å²) in [4.78, 5) is 18.5. The number of piperidine rings is 1. The molecule has 1 aliphatic heterocycles. The fourth-order valence-electron chi connectivity index (χ4n) is 2.72. The summed E-state index contributed by atoms with van der Waals surface area (Å²) in [5, 5.41) is 2.89. The Morgan fingerprint density at radius 1 is 1.45 bits per heavy atom. The van der Waals surface area contributed by atoms with Crippen LogP contribution in [-0.4, -0.2) is 41.2 Å². The number of carbonyl (C=O) groups is 1. The van der Waals surface area contributed by atoms with Gasteiger partial charge in [-0.2, -0.15) is 0 Å². The Morgan fingerprint density at radius 3 is 2.95 bits per heavy atom. The van der Waals surface area contributed by atoms with Gasteiger partial charge in [-0.1, -0.05) is 6.07 Å². The molecule has 0 spiro atoms. The molecule has 0 saturated carbocycles. The highest BCUT2D eigenvalue weighted by Crippen LogP contribution is 2.17. The average molecular weight is 305 g/mol. The number of hydrogen-bond donors (Lipinski definition) is 1. The molecule has 1 N–H and O–H groups in total. The second-order valence-corrected chi connectivity index (χ2v) is 6.95. The van der Waals surface area contributed by atoms with Crippen molar-refractivity contribution < 1.29 is 9.53 Å². The van der Waals surface area contributed by atoms with Crippen LogP contribution >= 0.6 is 0 Å². The van der Waals surface area contributed by atoms with Crippen LogP contribution in [0.4, 0.5) is 4.79 Å². The molecule has 0 aromatic carbocycles. The van der Waals surface area contributed by atoms with Crippen LogP contribution in [0.1, 0.15) is 39.3 Å². The monoisotopic (exact) mass is 305 g/mol. The lowest BCUT2D eigenvalue weighted by Crippen LogP contribution is -2.42. The van der Waals surface area contributed by atoms with E-state index in [9.17, 15) is 4.79 Å². The molecule has 2 heterocycles. The van der Waals surface area contributed by atoms with Crippen LogP contribution in [0.5, 0.6) is 0 Å². The third kappa shape index (κ3) is 6.02. The van der Waals surface area contributed by atoms with E-state index in [2.05, 4.69) is 21.3 Å². The van der Waals surface area contributed by atoms with E-state index < -0.39 is 5.60 Å². The lowest BCUT2D eigenvalue weighted by Gasteiger charge is -2.32. The summed E-state index contributed by atoms with van der Waals surface area (Å²) in [6.07, 6.45) is 3.82. The Labute approximate surface area is 133 Å². The summed E-state index contributed by atoms with van der Waals surface area (Å²) >= 11 is 0. The van der Waals surface area contributed by atoms with Gasteiger partial charge in [-0.15, -0.1) is 0 Å². The predicted molar refractivity (Wildman–Crippen MR) is 86.5 cm³/mol. The Morgan fingerprint density at radius 2 is 2.27 bits per heavy atom. The minimum Gasteiger partial charge on any atom is -0.444 e. The summed E-state index contributed by atoms with van der Waals surface area (Å²) in [6, 6.07) is 6.02. The first-order valence-electron chi connectivity index (χ1n) is 8.01. The maximum absolute atomic E-state index is 11.7. The first kappa shape index (κ1) is 16.7. The number of rotatable bonds is 4. The van der Waals surface area contributed by atoms with Crippen molar-refractivity contribution in [1.29, 1.82) is 0 Å². The van der Waals surface area contributed by atoms with Crippen LogP contribution in [-0.2, 0) is 11.3 Å². The number of likely N-dealkylation sites (tertiary alicyclic amines) is 1. The molecule has 1 aromatic heterocycles. The third-order valence-electron chi connectivity index (χ3n) is 3.65. The lowest BCUT2D eigenvalue weighted by atomic mass is 9.98. The van der Waals surface area contributed by atoms with E-state index >= 15 is 0 Å². The van der Waals surface area contributed by atoms with Gasteiger partial charge in [0.15, 0.2) is 0 Å². The molecule has 1 aliphatic rings. The minimum atomic E-state index is -0.443. The zero-order valence-electron chi connectivity index (χ0n) is 13.8. The van der Waals surface area contributed by atoms with Crippen LogP contribution in [0.25, 0.3) is 0 Å². The number of aromatic nitrogens is 1. The van der Waals surface area contributed by atoms with Gasteiger partial charge < -0.3 is 10.1 Å². The van der Waals surface area contributed by atoms with Crippen molar-refractivity contribution in [1.82, 2.24) is 15.2 Å². The molecule has 22 heavy (non-hydrogen) atoms. The molecule has 1 amide bonds. The quantitative estimate of drug-likeness (QED) is 0.929. The van der Waals surface area contributed by atoms with Gasteiger partial charge in [0, 0.05) is 25.8 Å². The van der Waals surface area contributed by atoms with Crippen LogP contribution in [0.15, 0.2) is 24.4 Å². The topological polar surface area (TPSA) is 54.5 Å². The number of carbonyl (C=O) groups excluding carboxylic acids is 1. The van der Waals surface area contributed by atoms with Gasteiger partial charge in [-0.05, 0) is 58.2 Å². The van der Waals surface area contributed by atoms with Crippen molar-refractivity contribution in [2.75, 3.05) is 19.6 Å². The smallest absolute Gasteiger partial charge is 0.407 e. The van der Waals surface area contributed by atoms with Crippen LogP contribution in [0, 0.1) is 5.92 Å². The van der Waals surface area contributed by atoms with Crippen molar-refractivity contribution >= 4 is 6.09 Å². The molecule has 5 nitrogen and oxygen atoms in total. The molecule has 1 aromatic rings. The van der Waals surface area contributed by atoms with Gasteiger partial charge in [0.2, 0.25) is 0 Å². The summed E-state index contributed by atoms with van der Waals surface area (Å²) in [5.41, 5.74) is 0.657. The second-order valence-electron chi connectivity index (χ2n) is 6.95. The average Bonchev–Trinajstić information content (AvgIpc) is 2.45. The second kappa shape index (κ2) is 7.58. The standard InChI is InChI=1S/C17H27N3O2/c1-17(2,3)22-16(21)19-11-14-7-6-10-20(12-14)13-15-8-4-5-9-18-15/h4-5,8-9,14H,6-7,10-13H2,1-3H3,(H,19,21). The fourth-order valence-corrected chi connectivity index (χ4v) is 2.72. The first-order valence-corrected chi connectivity index (χ1v) is 8.01. The Bertz CT molecular complexity index is 471. The molecule has 0 radical (unpaired) electrons. The van der Waals surface area contributed by atoms with Crippen molar-refractivity contribution in [2.24, 2.45) is 5.92 Å².